The summed E-state index contributed by atoms with van der Waals surface area (Å²) >= 11 is 0. The number of quaternary nitrogens is 1. The number of hydrogen-bond acceptors (Lipinski definition) is 7. The van der Waals surface area contributed by atoms with Gasteiger partial charge in [0, 0.05) is 12.5 Å². The Labute approximate surface area is 288 Å². The fourth-order valence-electron chi connectivity index (χ4n) is 4.87. The summed E-state index contributed by atoms with van der Waals surface area (Å²) in [5.41, 5.74) is 0. The summed E-state index contributed by atoms with van der Waals surface area (Å²) in [5.74, 6) is -1.06. The molecular formula is C37H71NO8P+. The van der Waals surface area contributed by atoms with Gasteiger partial charge in [0.25, 0.3) is 0 Å². The zero-order valence-electron chi connectivity index (χ0n) is 30.8. The van der Waals surface area contributed by atoms with Gasteiger partial charge in [-0.25, -0.2) is 9.36 Å². The van der Waals surface area contributed by atoms with Crippen LogP contribution in [0.25, 0.3) is 0 Å². The van der Waals surface area contributed by atoms with Gasteiger partial charge < -0.3 is 18.9 Å². The van der Waals surface area contributed by atoms with Gasteiger partial charge in [-0.05, 0) is 19.3 Å². The van der Waals surface area contributed by atoms with E-state index >= 15 is 0 Å². The van der Waals surface area contributed by atoms with Crippen molar-refractivity contribution >= 4 is 19.8 Å². The van der Waals surface area contributed by atoms with E-state index < -0.39 is 32.5 Å². The lowest BCUT2D eigenvalue weighted by Gasteiger charge is -2.24. The van der Waals surface area contributed by atoms with Crippen LogP contribution in [0.3, 0.4) is 0 Å². The van der Waals surface area contributed by atoms with E-state index in [9.17, 15) is 19.0 Å². The zero-order valence-corrected chi connectivity index (χ0v) is 31.7. The van der Waals surface area contributed by atoms with Crippen LogP contribution in [0, 0.1) is 0 Å². The van der Waals surface area contributed by atoms with Crippen molar-refractivity contribution in [2.24, 2.45) is 0 Å². The average molecular weight is 689 g/mol. The van der Waals surface area contributed by atoms with Gasteiger partial charge in [-0.2, -0.15) is 0 Å². The molecule has 47 heavy (non-hydrogen) atoms. The standard InChI is InChI=1S/C37H70NO8P/c1-6-8-10-12-14-16-17-18-19-20-21-22-24-25-27-29-36(39)43-33-35(34-45-47(41,42)44-32-31-38(3,4)5)46-37(40)30-28-26-23-15-13-11-9-7-2/h24-25,27,29,35H,6-23,26,28,30-34H2,1-5H3/p+1/b25-24+,29-27+/t35-/m0/s1. The van der Waals surface area contributed by atoms with Crippen LogP contribution in [-0.2, 0) is 32.7 Å². The molecule has 0 aliphatic carbocycles. The minimum atomic E-state index is -4.38. The molecule has 0 heterocycles. The molecule has 0 bridgehead atoms. The van der Waals surface area contributed by atoms with Crippen LogP contribution < -0.4 is 0 Å². The second-order valence-electron chi connectivity index (χ2n) is 13.7. The number of nitrogens with zero attached hydrogens (tertiary/aromatic N) is 1. The van der Waals surface area contributed by atoms with Crippen molar-refractivity contribution in [3.05, 3.63) is 24.3 Å². The quantitative estimate of drug-likeness (QED) is 0.0181. The first-order valence-electron chi connectivity index (χ1n) is 18.6. The number of esters is 2. The predicted octanol–water partition coefficient (Wildman–Crippen LogP) is 9.63. The molecule has 0 aliphatic heterocycles. The van der Waals surface area contributed by atoms with Crippen molar-refractivity contribution in [2.75, 3.05) is 47.5 Å². The van der Waals surface area contributed by atoms with Gasteiger partial charge in [0.15, 0.2) is 6.10 Å². The van der Waals surface area contributed by atoms with Crippen molar-refractivity contribution in [3.8, 4) is 0 Å². The number of hydrogen-bond donors (Lipinski definition) is 1. The zero-order chi connectivity index (χ0) is 35.1. The molecule has 10 heteroatoms. The molecule has 0 saturated heterocycles. The maximum atomic E-state index is 12.5. The van der Waals surface area contributed by atoms with Gasteiger partial charge in [-0.15, -0.1) is 0 Å². The predicted molar refractivity (Wildman–Crippen MR) is 192 cm³/mol. The number of carbonyl (C=O) groups is 2. The number of rotatable bonds is 33. The first kappa shape index (κ1) is 45.5. The second kappa shape index (κ2) is 30.5. The molecule has 0 saturated carbocycles. The fourth-order valence-corrected chi connectivity index (χ4v) is 5.61. The van der Waals surface area contributed by atoms with E-state index in [-0.39, 0.29) is 19.6 Å². The monoisotopic (exact) mass is 688 g/mol. The van der Waals surface area contributed by atoms with Crippen LogP contribution in [0.4, 0.5) is 0 Å². The van der Waals surface area contributed by atoms with E-state index in [0.29, 0.717) is 17.4 Å². The topological polar surface area (TPSA) is 108 Å². The number of ether oxygens (including phenoxy) is 2. The third-order valence-corrected chi connectivity index (χ3v) is 8.82. The van der Waals surface area contributed by atoms with Gasteiger partial charge in [0.1, 0.15) is 19.8 Å². The normalized spacial score (nSPS) is 14.1. The fraction of sp³-hybridized carbons (Fsp3) is 0.838. The Morgan fingerprint density at radius 1 is 0.702 bits per heavy atom. The SMILES string of the molecule is CCCCCCCCCCCCC/C=C/C=C/C(=O)OC[C@@H](COP(=O)(O)OCC[N+](C)(C)C)OC(=O)CCCCCCCCCC. The lowest BCUT2D eigenvalue weighted by atomic mass is 10.1. The molecule has 0 aromatic heterocycles. The number of allylic oxidation sites excluding steroid dienone is 3. The van der Waals surface area contributed by atoms with Crippen LogP contribution in [0.5, 0.6) is 0 Å². The second-order valence-corrected chi connectivity index (χ2v) is 15.1. The number of unbranched alkanes of at least 4 members (excludes halogenated alkanes) is 18. The van der Waals surface area contributed by atoms with Gasteiger partial charge >= 0.3 is 19.8 Å². The Morgan fingerprint density at radius 3 is 1.74 bits per heavy atom. The smallest absolute Gasteiger partial charge is 0.458 e. The van der Waals surface area contributed by atoms with E-state index in [1.54, 1.807) is 6.08 Å². The Balaban J connectivity index is 4.51. The van der Waals surface area contributed by atoms with Crippen LogP contribution in [0.2, 0.25) is 0 Å². The Morgan fingerprint density at radius 2 is 1.21 bits per heavy atom. The summed E-state index contributed by atoms with van der Waals surface area (Å²) in [4.78, 5) is 34.9. The first-order valence-corrected chi connectivity index (χ1v) is 20.1. The van der Waals surface area contributed by atoms with Crippen molar-refractivity contribution in [1.82, 2.24) is 0 Å². The molecule has 1 unspecified atom stereocenters. The lowest BCUT2D eigenvalue weighted by molar-refractivity contribution is -0.870. The van der Waals surface area contributed by atoms with Crippen molar-refractivity contribution in [3.63, 3.8) is 0 Å². The molecule has 9 nitrogen and oxygen atoms in total. The molecule has 0 aromatic carbocycles. The van der Waals surface area contributed by atoms with Crippen LogP contribution >= 0.6 is 7.82 Å². The molecule has 0 rings (SSSR count). The summed E-state index contributed by atoms with van der Waals surface area (Å²) < 4.78 is 33.8. The minimum Gasteiger partial charge on any atom is -0.458 e. The molecular weight excluding hydrogens is 617 g/mol. The van der Waals surface area contributed by atoms with Gasteiger partial charge in [-0.3, -0.25) is 13.8 Å². The molecule has 0 aromatic rings. The van der Waals surface area contributed by atoms with E-state index in [1.807, 2.05) is 33.3 Å². The molecule has 0 radical (unpaired) electrons. The van der Waals surface area contributed by atoms with Gasteiger partial charge in [0.2, 0.25) is 0 Å². The maximum Gasteiger partial charge on any atom is 0.472 e. The molecule has 0 aliphatic rings. The Bertz CT molecular complexity index is 871. The molecule has 0 spiro atoms. The summed E-state index contributed by atoms with van der Waals surface area (Å²) in [6.45, 7) is 4.24. The molecule has 0 amide bonds. The highest BCUT2D eigenvalue weighted by molar-refractivity contribution is 7.47. The van der Waals surface area contributed by atoms with Crippen molar-refractivity contribution in [1.29, 1.82) is 0 Å². The number of likely N-dealkylation sites (N-methyl/N-ethyl adjacent to an activating group) is 1. The third kappa shape index (κ3) is 34.2. The summed E-state index contributed by atoms with van der Waals surface area (Å²) in [7, 11) is 1.43. The highest BCUT2D eigenvalue weighted by atomic mass is 31.2. The molecule has 2 atom stereocenters. The van der Waals surface area contributed by atoms with E-state index in [2.05, 4.69) is 13.8 Å². The van der Waals surface area contributed by atoms with E-state index in [1.165, 1.54) is 96.0 Å². The summed E-state index contributed by atoms with van der Waals surface area (Å²) in [5, 5.41) is 0. The average Bonchev–Trinajstić information content (AvgIpc) is 3.01. The molecule has 1 N–H and O–H groups in total. The van der Waals surface area contributed by atoms with Crippen LogP contribution in [0.1, 0.15) is 149 Å². The van der Waals surface area contributed by atoms with Crippen molar-refractivity contribution in [2.45, 2.75) is 155 Å². The lowest BCUT2D eigenvalue weighted by Crippen LogP contribution is -2.37. The van der Waals surface area contributed by atoms with E-state index in [4.69, 9.17) is 18.5 Å². The van der Waals surface area contributed by atoms with Crippen molar-refractivity contribution < 1.29 is 42.1 Å². The summed E-state index contributed by atoms with van der Waals surface area (Å²) in [6.07, 6.45) is 30.1. The van der Waals surface area contributed by atoms with Gasteiger partial charge in [-0.1, -0.05) is 141 Å². The molecule has 0 fully saturated rings. The number of phosphoric ester groups is 1. The maximum absolute atomic E-state index is 12.5. The third-order valence-electron chi connectivity index (χ3n) is 7.84. The number of phosphoric acid groups is 1. The van der Waals surface area contributed by atoms with Gasteiger partial charge in [0.05, 0.1) is 27.7 Å². The Kier molecular flexibility index (Phi) is 29.6. The highest BCUT2D eigenvalue weighted by Crippen LogP contribution is 2.43. The van der Waals surface area contributed by atoms with Crippen LogP contribution in [0.15, 0.2) is 24.3 Å². The number of carbonyl (C=O) groups excluding carboxylic acids is 2. The molecule has 276 valence electrons. The van der Waals surface area contributed by atoms with Crippen LogP contribution in [-0.4, -0.2) is 74.9 Å². The Hall–Kier alpha value is -1.51. The van der Waals surface area contributed by atoms with E-state index in [0.717, 1.165) is 32.1 Å². The largest absolute Gasteiger partial charge is 0.472 e. The summed E-state index contributed by atoms with van der Waals surface area (Å²) in [6, 6.07) is 0. The highest BCUT2D eigenvalue weighted by Gasteiger charge is 2.26. The minimum absolute atomic E-state index is 0.0206. The first-order chi connectivity index (χ1) is 22.5.